The van der Waals surface area contributed by atoms with E-state index in [0.717, 1.165) is 12.5 Å². The van der Waals surface area contributed by atoms with Crippen LogP contribution >= 0.6 is 0 Å². The highest BCUT2D eigenvalue weighted by Gasteiger charge is 2.29. The molecule has 76 valence electrons. The summed E-state index contributed by atoms with van der Waals surface area (Å²) in [6.07, 6.45) is 2.71. The van der Waals surface area contributed by atoms with Gasteiger partial charge in [-0.1, -0.05) is 6.92 Å². The molecular weight excluding hydrogens is 166 g/mol. The van der Waals surface area contributed by atoms with Crippen LogP contribution in [0.2, 0.25) is 0 Å². The van der Waals surface area contributed by atoms with E-state index in [2.05, 4.69) is 11.8 Å². The fourth-order valence-corrected chi connectivity index (χ4v) is 1.98. The van der Waals surface area contributed by atoms with Crippen molar-refractivity contribution in [3.8, 4) is 0 Å². The molecule has 0 amide bonds. The molecule has 3 nitrogen and oxygen atoms in total. The maximum Gasteiger partial charge on any atom is 0.176 e. The van der Waals surface area contributed by atoms with Crippen molar-refractivity contribution in [1.82, 2.24) is 4.90 Å². The Bertz CT molecular complexity index is 160. The lowest BCUT2D eigenvalue weighted by atomic mass is 9.99. The maximum absolute atomic E-state index is 5.40. The van der Waals surface area contributed by atoms with Crippen molar-refractivity contribution < 1.29 is 9.47 Å². The lowest BCUT2D eigenvalue weighted by Gasteiger charge is -2.39. The van der Waals surface area contributed by atoms with Crippen LogP contribution in [-0.2, 0) is 9.47 Å². The largest absolute Gasteiger partial charge is 0.323 e. The van der Waals surface area contributed by atoms with E-state index in [0.29, 0.717) is 0 Å². The third kappa shape index (κ3) is 2.42. The molecule has 0 saturated carbocycles. The second kappa shape index (κ2) is 3.95. The molecule has 0 spiro atoms. The van der Waals surface area contributed by atoms with Gasteiger partial charge in [0.1, 0.15) is 0 Å². The first kappa shape index (κ1) is 9.44. The molecule has 0 aliphatic carbocycles. The number of rotatable bonds is 2. The van der Waals surface area contributed by atoms with Crippen molar-refractivity contribution in [3.05, 3.63) is 0 Å². The van der Waals surface area contributed by atoms with Gasteiger partial charge in [0.2, 0.25) is 0 Å². The number of hydrogen-bond donors (Lipinski definition) is 0. The Labute approximate surface area is 80.0 Å². The van der Waals surface area contributed by atoms with Gasteiger partial charge in [0, 0.05) is 6.54 Å². The van der Waals surface area contributed by atoms with E-state index in [1.807, 2.05) is 6.92 Å². The Morgan fingerprint density at radius 3 is 2.31 bits per heavy atom. The van der Waals surface area contributed by atoms with Crippen LogP contribution < -0.4 is 0 Å². The fraction of sp³-hybridized carbons (Fsp3) is 1.00. The zero-order valence-corrected chi connectivity index (χ0v) is 8.53. The highest BCUT2D eigenvalue weighted by molar-refractivity contribution is 4.71. The van der Waals surface area contributed by atoms with Gasteiger partial charge in [-0.15, -0.1) is 0 Å². The predicted octanol–water partition coefficient (Wildman–Crippen LogP) is 1.44. The van der Waals surface area contributed by atoms with E-state index in [1.54, 1.807) is 0 Å². The molecule has 2 aliphatic heterocycles. The molecule has 2 saturated heterocycles. The summed E-state index contributed by atoms with van der Waals surface area (Å²) in [4.78, 5) is 2.44. The lowest BCUT2D eigenvalue weighted by Crippen LogP contribution is -2.48. The first-order chi connectivity index (χ1) is 6.24. The Kier molecular flexibility index (Phi) is 2.86. The number of hydrogen-bond acceptors (Lipinski definition) is 3. The second-order valence-corrected chi connectivity index (χ2v) is 4.25. The van der Waals surface area contributed by atoms with Gasteiger partial charge in [-0.25, -0.2) is 0 Å². The summed E-state index contributed by atoms with van der Waals surface area (Å²) in [7, 11) is 0. The molecule has 0 atom stereocenters. The van der Waals surface area contributed by atoms with Crippen molar-refractivity contribution in [2.75, 3.05) is 19.6 Å². The first-order valence-corrected chi connectivity index (χ1v) is 5.27. The highest BCUT2D eigenvalue weighted by Crippen LogP contribution is 2.20. The quantitative estimate of drug-likeness (QED) is 0.649. The zero-order chi connectivity index (χ0) is 9.26. The van der Waals surface area contributed by atoms with E-state index in [9.17, 15) is 0 Å². The number of ether oxygens (including phenoxy) is 2. The number of piperidine rings is 1. The smallest absolute Gasteiger partial charge is 0.176 e. The summed E-state index contributed by atoms with van der Waals surface area (Å²) >= 11 is 0. The van der Waals surface area contributed by atoms with Crippen LogP contribution in [0.1, 0.15) is 26.7 Å². The van der Waals surface area contributed by atoms with Crippen LogP contribution in [0.25, 0.3) is 0 Å². The normalized spacial score (nSPS) is 37.4. The van der Waals surface area contributed by atoms with Gasteiger partial charge in [0.25, 0.3) is 0 Å². The van der Waals surface area contributed by atoms with Gasteiger partial charge < -0.3 is 9.47 Å². The fourth-order valence-electron chi connectivity index (χ4n) is 1.98. The average molecular weight is 185 g/mol. The van der Waals surface area contributed by atoms with Crippen molar-refractivity contribution >= 4 is 0 Å². The van der Waals surface area contributed by atoms with Gasteiger partial charge in [-0.3, -0.25) is 4.90 Å². The van der Waals surface area contributed by atoms with Crippen molar-refractivity contribution in [2.24, 2.45) is 5.92 Å². The number of nitrogens with zero attached hydrogens (tertiary/aromatic N) is 1. The molecule has 3 heteroatoms. The van der Waals surface area contributed by atoms with Gasteiger partial charge >= 0.3 is 0 Å². The Balaban J connectivity index is 1.65. The van der Waals surface area contributed by atoms with Crippen molar-refractivity contribution in [3.63, 3.8) is 0 Å². The summed E-state index contributed by atoms with van der Waals surface area (Å²) in [6.45, 7) is 7.64. The van der Waals surface area contributed by atoms with Crippen LogP contribution in [0.4, 0.5) is 0 Å². The molecule has 2 fully saturated rings. The monoisotopic (exact) mass is 185 g/mol. The molecule has 2 heterocycles. The minimum Gasteiger partial charge on any atom is -0.323 e. The summed E-state index contributed by atoms with van der Waals surface area (Å²) in [5.74, 6) is 0.901. The molecule has 2 aliphatic rings. The SMILES string of the molecule is CC1CCN(CC2OC(C)O2)CC1. The summed E-state index contributed by atoms with van der Waals surface area (Å²) < 4.78 is 10.8. The van der Waals surface area contributed by atoms with Crippen LogP contribution in [0.5, 0.6) is 0 Å². The van der Waals surface area contributed by atoms with Gasteiger partial charge in [0.05, 0.1) is 0 Å². The molecule has 2 rings (SSSR count). The number of likely N-dealkylation sites (tertiary alicyclic amines) is 1. The van der Waals surface area contributed by atoms with E-state index in [4.69, 9.17) is 9.47 Å². The highest BCUT2D eigenvalue weighted by atomic mass is 16.9. The minimum atomic E-state index is 0.0220. The van der Waals surface area contributed by atoms with Crippen LogP contribution in [0, 0.1) is 5.92 Å². The standard InChI is InChI=1S/C10H19NO2/c1-8-3-5-11(6-4-8)7-10-12-9(2)13-10/h8-10H,3-7H2,1-2H3. The zero-order valence-electron chi connectivity index (χ0n) is 8.53. The molecule has 0 radical (unpaired) electrons. The van der Waals surface area contributed by atoms with Gasteiger partial charge in [-0.2, -0.15) is 0 Å². The summed E-state index contributed by atoms with van der Waals surface area (Å²) in [5.41, 5.74) is 0. The van der Waals surface area contributed by atoms with Crippen LogP contribution in [0.3, 0.4) is 0 Å². The summed E-state index contributed by atoms with van der Waals surface area (Å²) in [5, 5.41) is 0. The predicted molar refractivity (Wildman–Crippen MR) is 50.3 cm³/mol. The molecule has 0 aromatic rings. The molecule has 0 N–H and O–H groups in total. The molecule has 0 aromatic carbocycles. The maximum atomic E-state index is 5.40. The van der Waals surface area contributed by atoms with Gasteiger partial charge in [0.15, 0.2) is 12.6 Å². The third-order valence-electron chi connectivity index (χ3n) is 2.97. The molecule has 0 aromatic heterocycles. The van der Waals surface area contributed by atoms with Crippen LogP contribution in [0.15, 0.2) is 0 Å². The van der Waals surface area contributed by atoms with Gasteiger partial charge in [-0.05, 0) is 38.8 Å². The van der Waals surface area contributed by atoms with Crippen LogP contribution in [-0.4, -0.2) is 37.1 Å². The average Bonchev–Trinajstić information content (AvgIpc) is 2.06. The van der Waals surface area contributed by atoms with Crippen molar-refractivity contribution in [2.45, 2.75) is 39.3 Å². The molecule has 0 bridgehead atoms. The van der Waals surface area contributed by atoms with Crippen molar-refractivity contribution in [1.29, 1.82) is 0 Å². The second-order valence-electron chi connectivity index (χ2n) is 4.25. The van der Waals surface area contributed by atoms with E-state index in [1.165, 1.54) is 25.9 Å². The molecule has 13 heavy (non-hydrogen) atoms. The summed E-state index contributed by atoms with van der Waals surface area (Å²) in [6, 6.07) is 0. The Hall–Kier alpha value is -0.120. The Morgan fingerprint density at radius 2 is 1.77 bits per heavy atom. The lowest BCUT2D eigenvalue weighted by molar-refractivity contribution is -0.378. The minimum absolute atomic E-state index is 0.0220. The van der Waals surface area contributed by atoms with E-state index in [-0.39, 0.29) is 12.6 Å². The van der Waals surface area contributed by atoms with E-state index < -0.39 is 0 Å². The first-order valence-electron chi connectivity index (χ1n) is 5.27. The third-order valence-corrected chi connectivity index (χ3v) is 2.97. The molecular formula is C10H19NO2. The molecule has 0 unspecified atom stereocenters. The topological polar surface area (TPSA) is 21.7 Å². The van der Waals surface area contributed by atoms with E-state index >= 15 is 0 Å². The Morgan fingerprint density at radius 1 is 1.15 bits per heavy atom.